The van der Waals surface area contributed by atoms with E-state index >= 15 is 4.39 Å². The van der Waals surface area contributed by atoms with Gasteiger partial charge in [-0.25, -0.2) is 18.8 Å². The Morgan fingerprint density at radius 1 is 1.27 bits per heavy atom. The number of fused-ring (bicyclic) bond motifs is 1. The number of hydrogen-bond donors (Lipinski definition) is 2. The van der Waals surface area contributed by atoms with Gasteiger partial charge in [0.2, 0.25) is 0 Å². The third-order valence-electron chi connectivity index (χ3n) is 5.70. The molecule has 10 heteroatoms. The van der Waals surface area contributed by atoms with E-state index in [1.807, 2.05) is 0 Å². The number of hydrogen-bond acceptors (Lipinski definition) is 7. The molecule has 2 fully saturated rings. The number of aliphatic imine (C=N–C) groups is 1. The summed E-state index contributed by atoms with van der Waals surface area (Å²) in [5.41, 5.74) is 3.67. The molecule has 7 nitrogen and oxygen atoms in total. The predicted octanol–water partition coefficient (Wildman–Crippen LogP) is 2.74. The van der Waals surface area contributed by atoms with E-state index in [-0.39, 0.29) is 35.4 Å². The first-order valence-electron chi connectivity index (χ1n) is 9.58. The lowest BCUT2D eigenvalue weighted by Gasteiger charge is -2.38. The third-order valence-corrected chi connectivity index (χ3v) is 6.69. The van der Waals surface area contributed by atoms with Crippen LogP contribution in [0.4, 0.5) is 14.5 Å². The van der Waals surface area contributed by atoms with Crippen molar-refractivity contribution in [1.82, 2.24) is 9.97 Å². The fourth-order valence-electron chi connectivity index (χ4n) is 3.85. The van der Waals surface area contributed by atoms with E-state index in [2.05, 4.69) is 20.3 Å². The highest BCUT2D eigenvalue weighted by molar-refractivity contribution is 8.13. The van der Waals surface area contributed by atoms with Crippen molar-refractivity contribution in [3.05, 3.63) is 53.4 Å². The Labute approximate surface area is 175 Å². The van der Waals surface area contributed by atoms with Crippen LogP contribution in [0.1, 0.15) is 40.5 Å². The molecule has 1 aromatic carbocycles. The number of halogens is 2. The van der Waals surface area contributed by atoms with Gasteiger partial charge >= 0.3 is 0 Å². The molecule has 3 aliphatic rings. The lowest BCUT2D eigenvalue weighted by Crippen LogP contribution is -2.52. The number of amidine groups is 1. The Hall–Kier alpha value is -2.59. The SMILES string of the molecule is NC1=N[C@@]2(c3cc(NC(=O)c4cnc(C5CC5)cn4)ccc3F)COC[C@@]2(F)CS1. The van der Waals surface area contributed by atoms with Gasteiger partial charge in [0.1, 0.15) is 11.5 Å². The van der Waals surface area contributed by atoms with Gasteiger partial charge < -0.3 is 15.8 Å². The molecule has 5 rings (SSSR count). The summed E-state index contributed by atoms with van der Waals surface area (Å²) in [6.07, 6.45) is 5.20. The Balaban J connectivity index is 1.45. The van der Waals surface area contributed by atoms with Crippen LogP contribution in [0.5, 0.6) is 0 Å². The number of ether oxygens (including phenoxy) is 1. The molecule has 1 saturated carbocycles. The van der Waals surface area contributed by atoms with Crippen molar-refractivity contribution in [3.63, 3.8) is 0 Å². The molecule has 0 bridgehead atoms. The van der Waals surface area contributed by atoms with Crippen LogP contribution in [0.2, 0.25) is 0 Å². The van der Waals surface area contributed by atoms with Crippen molar-refractivity contribution in [2.24, 2.45) is 10.7 Å². The highest BCUT2D eigenvalue weighted by Gasteiger charge is 2.61. The molecule has 1 aliphatic carbocycles. The monoisotopic (exact) mass is 431 g/mol. The summed E-state index contributed by atoms with van der Waals surface area (Å²) in [5, 5.41) is 2.85. The average Bonchev–Trinajstić information content (AvgIpc) is 3.52. The number of amides is 1. The Morgan fingerprint density at radius 3 is 2.83 bits per heavy atom. The standard InChI is InChI=1S/C20H19F2N5O2S/c21-14-4-3-12(26-17(28)16-7-24-15(6-25-16)11-1-2-11)5-13(14)20-9-29-8-19(20,22)10-30-18(23)27-20/h3-7,11H,1-2,8-10H2,(H2,23,27)(H,26,28)/t19-,20-/m1/s1. The van der Waals surface area contributed by atoms with Crippen molar-refractivity contribution in [3.8, 4) is 0 Å². The molecule has 2 atom stereocenters. The summed E-state index contributed by atoms with van der Waals surface area (Å²) in [6, 6.07) is 3.96. The fraction of sp³-hybridized carbons (Fsp3) is 0.400. The second-order valence-electron chi connectivity index (χ2n) is 7.81. The van der Waals surface area contributed by atoms with Crippen LogP contribution in [0.3, 0.4) is 0 Å². The first kappa shape index (κ1) is 19.4. The van der Waals surface area contributed by atoms with Crippen molar-refractivity contribution in [1.29, 1.82) is 0 Å². The van der Waals surface area contributed by atoms with Gasteiger partial charge in [0.15, 0.2) is 16.4 Å². The third kappa shape index (κ3) is 3.14. The fourth-order valence-corrected chi connectivity index (χ4v) is 4.77. The zero-order chi connectivity index (χ0) is 20.9. The number of rotatable bonds is 4. The molecule has 0 spiro atoms. The Kier molecular flexibility index (Phi) is 4.51. The van der Waals surface area contributed by atoms with Crippen LogP contribution < -0.4 is 11.1 Å². The first-order chi connectivity index (χ1) is 14.4. The second kappa shape index (κ2) is 6.98. The number of benzene rings is 1. The van der Waals surface area contributed by atoms with Crippen LogP contribution >= 0.6 is 11.8 Å². The van der Waals surface area contributed by atoms with Gasteiger partial charge in [0.25, 0.3) is 5.91 Å². The van der Waals surface area contributed by atoms with E-state index in [0.717, 1.165) is 30.3 Å². The highest BCUT2D eigenvalue weighted by atomic mass is 32.2. The number of nitrogens with zero attached hydrogens (tertiary/aromatic N) is 3. The number of nitrogens with two attached hydrogens (primary N) is 1. The molecule has 3 heterocycles. The van der Waals surface area contributed by atoms with Gasteiger partial charge in [-0.15, -0.1) is 0 Å². The molecule has 156 valence electrons. The molecule has 1 amide bonds. The molecule has 2 aromatic rings. The molecule has 30 heavy (non-hydrogen) atoms. The van der Waals surface area contributed by atoms with Crippen LogP contribution in [0, 0.1) is 5.82 Å². The Morgan fingerprint density at radius 2 is 2.10 bits per heavy atom. The summed E-state index contributed by atoms with van der Waals surface area (Å²) in [6.45, 7) is -0.330. The summed E-state index contributed by atoms with van der Waals surface area (Å²) < 4.78 is 35.8. The molecule has 1 saturated heterocycles. The van der Waals surface area contributed by atoms with Crippen LogP contribution in [-0.4, -0.2) is 45.7 Å². The number of nitrogens with one attached hydrogen (secondary N) is 1. The second-order valence-corrected chi connectivity index (χ2v) is 8.80. The maximum absolute atomic E-state index is 15.6. The number of thioether (sulfide) groups is 1. The number of carbonyl (C=O) groups excluding carboxylic acids is 1. The lowest BCUT2D eigenvalue weighted by atomic mass is 9.79. The number of aromatic nitrogens is 2. The van der Waals surface area contributed by atoms with E-state index in [1.54, 1.807) is 6.20 Å². The highest BCUT2D eigenvalue weighted by Crippen LogP contribution is 2.50. The zero-order valence-electron chi connectivity index (χ0n) is 15.9. The zero-order valence-corrected chi connectivity index (χ0v) is 16.7. The maximum atomic E-state index is 15.6. The number of carbonyl (C=O) groups is 1. The number of alkyl halides is 1. The molecule has 2 aliphatic heterocycles. The number of anilines is 1. The quantitative estimate of drug-likeness (QED) is 0.772. The van der Waals surface area contributed by atoms with E-state index < -0.39 is 22.9 Å². The largest absolute Gasteiger partial charge is 0.379 e. The van der Waals surface area contributed by atoms with E-state index in [0.29, 0.717) is 11.6 Å². The average molecular weight is 431 g/mol. The van der Waals surface area contributed by atoms with E-state index in [9.17, 15) is 9.18 Å². The van der Waals surface area contributed by atoms with E-state index in [1.165, 1.54) is 24.4 Å². The molecule has 0 radical (unpaired) electrons. The Bertz CT molecular complexity index is 1050. The van der Waals surface area contributed by atoms with Crippen molar-refractivity contribution in [2.75, 3.05) is 24.3 Å². The predicted molar refractivity (Wildman–Crippen MR) is 109 cm³/mol. The minimum atomic E-state index is -1.89. The van der Waals surface area contributed by atoms with Gasteiger partial charge in [-0.05, 0) is 31.0 Å². The molecular formula is C20H19F2N5O2S. The van der Waals surface area contributed by atoms with Gasteiger partial charge in [0, 0.05) is 29.1 Å². The van der Waals surface area contributed by atoms with Gasteiger partial charge in [-0.2, -0.15) is 0 Å². The molecule has 1 aromatic heterocycles. The normalized spacial score (nSPS) is 28.0. The minimum Gasteiger partial charge on any atom is -0.379 e. The van der Waals surface area contributed by atoms with Crippen molar-refractivity contribution >= 4 is 28.5 Å². The van der Waals surface area contributed by atoms with Gasteiger partial charge in [-0.1, -0.05) is 11.8 Å². The lowest BCUT2D eigenvalue weighted by molar-refractivity contribution is 0.102. The van der Waals surface area contributed by atoms with Crippen molar-refractivity contribution in [2.45, 2.75) is 30.0 Å². The van der Waals surface area contributed by atoms with Gasteiger partial charge in [0.05, 0.1) is 25.1 Å². The van der Waals surface area contributed by atoms with Crippen molar-refractivity contribution < 1.29 is 18.3 Å². The van der Waals surface area contributed by atoms with E-state index in [4.69, 9.17) is 10.5 Å². The summed E-state index contributed by atoms with van der Waals surface area (Å²) in [5.74, 6) is -0.681. The smallest absolute Gasteiger partial charge is 0.275 e. The van der Waals surface area contributed by atoms with Crippen LogP contribution in [0.15, 0.2) is 35.6 Å². The van der Waals surface area contributed by atoms with Crippen LogP contribution in [0.25, 0.3) is 0 Å². The molecule has 0 unspecified atom stereocenters. The topological polar surface area (TPSA) is 102 Å². The summed E-state index contributed by atoms with van der Waals surface area (Å²) in [4.78, 5) is 25.3. The van der Waals surface area contributed by atoms with Gasteiger partial charge in [-0.3, -0.25) is 9.78 Å². The molecular weight excluding hydrogens is 412 g/mol. The summed E-state index contributed by atoms with van der Waals surface area (Å²) >= 11 is 1.08. The first-order valence-corrected chi connectivity index (χ1v) is 10.6. The summed E-state index contributed by atoms with van der Waals surface area (Å²) in [7, 11) is 0. The minimum absolute atomic E-state index is 0.00119. The van der Waals surface area contributed by atoms with Crippen LogP contribution in [-0.2, 0) is 10.3 Å². The molecule has 3 N–H and O–H groups in total. The maximum Gasteiger partial charge on any atom is 0.275 e.